The molecule has 8 nitrogen and oxygen atoms in total. The van der Waals surface area contributed by atoms with Crippen molar-refractivity contribution in [3.05, 3.63) is 22.5 Å². The average molecular weight is 351 g/mol. The van der Waals surface area contributed by atoms with Crippen molar-refractivity contribution in [1.82, 2.24) is 14.8 Å². The van der Waals surface area contributed by atoms with Crippen molar-refractivity contribution in [3.8, 4) is 0 Å². The van der Waals surface area contributed by atoms with Gasteiger partial charge in [0.25, 0.3) is 5.91 Å². The third kappa shape index (κ3) is 3.94. The number of nitrogens with one attached hydrogen (secondary N) is 1. The van der Waals surface area contributed by atoms with Crippen LogP contribution in [0.1, 0.15) is 46.0 Å². The van der Waals surface area contributed by atoms with Gasteiger partial charge in [0.15, 0.2) is 0 Å². The molecule has 138 valence electrons. The molecular weight excluding hydrogens is 326 g/mol. The molecule has 1 N–H and O–H groups in total. The fourth-order valence-electron chi connectivity index (χ4n) is 2.94. The molecule has 0 spiro atoms. The minimum absolute atomic E-state index is 0.148. The molecule has 0 radical (unpaired) electrons. The Morgan fingerprint density at radius 2 is 1.52 bits per heavy atom. The molecule has 1 aromatic rings. The van der Waals surface area contributed by atoms with E-state index in [4.69, 9.17) is 9.47 Å². The normalized spacial score (nSPS) is 14.4. The van der Waals surface area contributed by atoms with Crippen molar-refractivity contribution in [3.63, 3.8) is 0 Å². The summed E-state index contributed by atoms with van der Waals surface area (Å²) in [6, 6.07) is 0. The number of aromatic nitrogens is 1. The summed E-state index contributed by atoms with van der Waals surface area (Å²) in [4.78, 5) is 42.8. The fraction of sp³-hybridized carbons (Fsp3) is 0.588. The second kappa shape index (κ2) is 8.04. The summed E-state index contributed by atoms with van der Waals surface area (Å²) in [5, 5.41) is 0. The Labute approximate surface area is 147 Å². The Morgan fingerprint density at radius 3 is 2.08 bits per heavy atom. The van der Waals surface area contributed by atoms with Crippen LogP contribution in [0.5, 0.6) is 0 Å². The third-order valence-corrected chi connectivity index (χ3v) is 4.22. The van der Waals surface area contributed by atoms with Gasteiger partial charge in [-0.05, 0) is 33.3 Å². The quantitative estimate of drug-likeness (QED) is 0.834. The standard InChI is InChI=1S/C17H25N3O5/c1-5-24-16(22)14-11(3)13(12(4)18-14)15(21)19-7-9-20(10-8-19)17(23)25-6-2/h18H,5-10H2,1-4H3. The highest BCUT2D eigenvalue weighted by Gasteiger charge is 2.29. The van der Waals surface area contributed by atoms with Crippen molar-refractivity contribution in [2.75, 3.05) is 39.4 Å². The first-order valence-electron chi connectivity index (χ1n) is 8.47. The van der Waals surface area contributed by atoms with Crippen LogP contribution in [0, 0.1) is 13.8 Å². The highest BCUT2D eigenvalue weighted by Crippen LogP contribution is 2.21. The Balaban J connectivity index is 2.09. The zero-order chi connectivity index (χ0) is 18.6. The number of hydrogen-bond acceptors (Lipinski definition) is 5. The number of esters is 1. The number of ether oxygens (including phenoxy) is 2. The first-order chi connectivity index (χ1) is 11.9. The van der Waals surface area contributed by atoms with Gasteiger partial charge in [0.2, 0.25) is 0 Å². The summed E-state index contributed by atoms with van der Waals surface area (Å²) in [6.45, 7) is 9.30. The third-order valence-electron chi connectivity index (χ3n) is 4.22. The van der Waals surface area contributed by atoms with E-state index < -0.39 is 5.97 Å². The van der Waals surface area contributed by atoms with Crippen LogP contribution >= 0.6 is 0 Å². The molecule has 2 amide bonds. The number of rotatable bonds is 4. The van der Waals surface area contributed by atoms with Gasteiger partial charge in [0.1, 0.15) is 5.69 Å². The lowest BCUT2D eigenvalue weighted by Gasteiger charge is -2.34. The van der Waals surface area contributed by atoms with Crippen LogP contribution in [0.25, 0.3) is 0 Å². The molecule has 1 saturated heterocycles. The topological polar surface area (TPSA) is 91.9 Å². The van der Waals surface area contributed by atoms with E-state index in [0.29, 0.717) is 55.3 Å². The van der Waals surface area contributed by atoms with Crippen molar-refractivity contribution in [1.29, 1.82) is 0 Å². The van der Waals surface area contributed by atoms with E-state index in [2.05, 4.69) is 4.98 Å². The van der Waals surface area contributed by atoms with Crippen LogP contribution in [-0.2, 0) is 9.47 Å². The molecule has 0 aliphatic carbocycles. The molecule has 1 aromatic heterocycles. The number of H-pyrrole nitrogens is 1. The van der Waals surface area contributed by atoms with E-state index in [9.17, 15) is 14.4 Å². The number of aryl methyl sites for hydroxylation is 1. The maximum absolute atomic E-state index is 12.9. The van der Waals surface area contributed by atoms with Crippen LogP contribution in [0.15, 0.2) is 0 Å². The summed E-state index contributed by atoms with van der Waals surface area (Å²) in [5.74, 6) is -0.611. The van der Waals surface area contributed by atoms with Gasteiger partial charge >= 0.3 is 12.1 Å². The predicted molar refractivity (Wildman–Crippen MR) is 90.7 cm³/mol. The van der Waals surface area contributed by atoms with Crippen LogP contribution in [0.3, 0.4) is 0 Å². The molecule has 1 aliphatic rings. The maximum atomic E-state index is 12.9. The fourth-order valence-corrected chi connectivity index (χ4v) is 2.94. The van der Waals surface area contributed by atoms with Crippen molar-refractivity contribution >= 4 is 18.0 Å². The minimum atomic E-state index is -0.464. The number of nitrogens with zero attached hydrogens (tertiary/aromatic N) is 2. The van der Waals surface area contributed by atoms with E-state index >= 15 is 0 Å². The zero-order valence-corrected chi connectivity index (χ0v) is 15.2. The molecule has 0 bridgehead atoms. The molecular formula is C17H25N3O5. The van der Waals surface area contributed by atoms with Gasteiger partial charge < -0.3 is 24.3 Å². The van der Waals surface area contributed by atoms with E-state index in [1.165, 1.54) is 0 Å². The van der Waals surface area contributed by atoms with Crippen LogP contribution in [-0.4, -0.2) is 72.1 Å². The summed E-state index contributed by atoms with van der Waals surface area (Å²) in [6.07, 6.45) is -0.354. The Morgan fingerprint density at radius 1 is 0.960 bits per heavy atom. The molecule has 2 heterocycles. The molecule has 0 aromatic carbocycles. The van der Waals surface area contributed by atoms with Gasteiger partial charge in [0, 0.05) is 31.9 Å². The Bertz CT molecular complexity index is 659. The molecule has 1 aliphatic heterocycles. The largest absolute Gasteiger partial charge is 0.461 e. The molecule has 2 rings (SSSR count). The average Bonchev–Trinajstić information content (AvgIpc) is 2.89. The van der Waals surface area contributed by atoms with E-state index in [1.54, 1.807) is 37.5 Å². The molecule has 1 fully saturated rings. The minimum Gasteiger partial charge on any atom is -0.461 e. The second-order valence-corrected chi connectivity index (χ2v) is 5.82. The lowest BCUT2D eigenvalue weighted by atomic mass is 10.1. The van der Waals surface area contributed by atoms with Crippen molar-refractivity contribution in [2.24, 2.45) is 0 Å². The zero-order valence-electron chi connectivity index (χ0n) is 15.2. The first kappa shape index (κ1) is 18.8. The number of hydrogen-bond donors (Lipinski definition) is 1. The Hall–Kier alpha value is -2.51. The van der Waals surface area contributed by atoms with E-state index in [1.807, 2.05) is 0 Å². The number of carbonyl (C=O) groups excluding carboxylic acids is 3. The number of piperazine rings is 1. The molecule has 0 unspecified atom stereocenters. The van der Waals surface area contributed by atoms with Crippen molar-refractivity contribution in [2.45, 2.75) is 27.7 Å². The summed E-state index contributed by atoms with van der Waals surface area (Å²) in [5.41, 5.74) is 2.03. The number of amides is 2. The monoisotopic (exact) mass is 351 g/mol. The SMILES string of the molecule is CCOC(=O)c1[nH]c(C)c(C(=O)N2CCN(C(=O)OCC)CC2)c1C. The van der Waals surface area contributed by atoms with Gasteiger partial charge in [-0.2, -0.15) is 0 Å². The predicted octanol–water partition coefficient (Wildman–Crippen LogP) is 1.72. The first-order valence-corrected chi connectivity index (χ1v) is 8.47. The summed E-state index contributed by atoms with van der Waals surface area (Å²) >= 11 is 0. The van der Waals surface area contributed by atoms with Crippen LogP contribution < -0.4 is 0 Å². The highest BCUT2D eigenvalue weighted by atomic mass is 16.6. The van der Waals surface area contributed by atoms with E-state index in [-0.39, 0.29) is 18.6 Å². The summed E-state index contributed by atoms with van der Waals surface area (Å²) in [7, 11) is 0. The summed E-state index contributed by atoms with van der Waals surface area (Å²) < 4.78 is 9.99. The maximum Gasteiger partial charge on any atom is 0.409 e. The number of aromatic amines is 1. The van der Waals surface area contributed by atoms with Gasteiger partial charge in [-0.1, -0.05) is 0 Å². The van der Waals surface area contributed by atoms with Crippen molar-refractivity contribution < 1.29 is 23.9 Å². The van der Waals surface area contributed by atoms with Crippen LogP contribution in [0.4, 0.5) is 4.79 Å². The van der Waals surface area contributed by atoms with Gasteiger partial charge in [0.05, 0.1) is 18.8 Å². The Kier molecular flexibility index (Phi) is 6.06. The van der Waals surface area contributed by atoms with E-state index in [0.717, 1.165) is 0 Å². The smallest absolute Gasteiger partial charge is 0.409 e. The van der Waals surface area contributed by atoms with Gasteiger partial charge in [-0.3, -0.25) is 4.79 Å². The lowest BCUT2D eigenvalue weighted by molar-refractivity contribution is 0.0519. The lowest BCUT2D eigenvalue weighted by Crippen LogP contribution is -2.50. The van der Waals surface area contributed by atoms with Crippen LogP contribution in [0.2, 0.25) is 0 Å². The molecule has 8 heteroatoms. The molecule has 25 heavy (non-hydrogen) atoms. The second-order valence-electron chi connectivity index (χ2n) is 5.82. The van der Waals surface area contributed by atoms with Gasteiger partial charge in [-0.15, -0.1) is 0 Å². The number of carbonyl (C=O) groups is 3. The highest BCUT2D eigenvalue weighted by molar-refractivity contribution is 6.01. The molecule has 0 atom stereocenters. The van der Waals surface area contributed by atoms with Gasteiger partial charge in [-0.25, -0.2) is 9.59 Å². The molecule has 0 saturated carbocycles.